The molecule has 0 radical (unpaired) electrons. The van der Waals surface area contributed by atoms with Crippen LogP contribution in [0.4, 0.5) is 5.82 Å². The Morgan fingerprint density at radius 1 is 1.10 bits per heavy atom. The highest BCUT2D eigenvalue weighted by Gasteiger charge is 2.24. The molecule has 156 valence electrons. The van der Waals surface area contributed by atoms with E-state index in [0.717, 1.165) is 48.2 Å². The number of anilines is 1. The van der Waals surface area contributed by atoms with E-state index in [2.05, 4.69) is 21.3 Å². The quantitative estimate of drug-likeness (QED) is 0.545. The summed E-state index contributed by atoms with van der Waals surface area (Å²) in [5.41, 5.74) is 2.41. The highest BCUT2D eigenvalue weighted by atomic mass is 16.3. The number of hydrogen-bond donors (Lipinski definition) is 1. The third-order valence-electron chi connectivity index (χ3n) is 5.74. The highest BCUT2D eigenvalue weighted by molar-refractivity contribution is 5.95. The molecule has 0 aliphatic carbocycles. The van der Waals surface area contributed by atoms with Crippen molar-refractivity contribution in [2.24, 2.45) is 0 Å². The van der Waals surface area contributed by atoms with Crippen molar-refractivity contribution in [3.8, 4) is 11.4 Å². The molecular weight excluding hydrogens is 390 g/mol. The van der Waals surface area contributed by atoms with Crippen LogP contribution in [-0.4, -0.2) is 40.0 Å². The third kappa shape index (κ3) is 3.86. The molecule has 1 aliphatic heterocycles. The number of hydrogen-bond acceptors (Lipinski definition) is 6. The van der Waals surface area contributed by atoms with E-state index in [1.54, 1.807) is 31.6 Å². The second-order valence-electron chi connectivity index (χ2n) is 7.75. The molecule has 0 saturated carbocycles. The molecule has 4 heterocycles. The Balaban J connectivity index is 1.37. The summed E-state index contributed by atoms with van der Waals surface area (Å²) in [4.78, 5) is 28.7. The van der Waals surface area contributed by atoms with Crippen LogP contribution in [0.3, 0.4) is 0 Å². The number of furan rings is 1. The standard InChI is InChI=1S/C24H23N5O2/c1-16-19(10-14-31-16)24(30)26-18-8-12-29(13-9-18)23-20-6-2-3-7-21(20)27-22(28-23)17-5-4-11-25-15-17/h2-7,10-11,14-15,18H,8-9,12-13H2,1H3,(H,26,30). The van der Waals surface area contributed by atoms with Crippen LogP contribution in [-0.2, 0) is 0 Å². The average Bonchev–Trinajstić information content (AvgIpc) is 3.25. The second-order valence-corrected chi connectivity index (χ2v) is 7.75. The number of aromatic nitrogens is 3. The Morgan fingerprint density at radius 2 is 1.94 bits per heavy atom. The number of pyridine rings is 1. The molecule has 3 aromatic heterocycles. The molecule has 7 heteroatoms. The van der Waals surface area contributed by atoms with Gasteiger partial charge in [-0.15, -0.1) is 0 Å². The molecule has 1 aliphatic rings. The van der Waals surface area contributed by atoms with Crippen LogP contribution in [0.25, 0.3) is 22.3 Å². The number of nitrogens with zero attached hydrogens (tertiary/aromatic N) is 4. The van der Waals surface area contributed by atoms with Crippen molar-refractivity contribution in [2.75, 3.05) is 18.0 Å². The Hall–Kier alpha value is -3.74. The van der Waals surface area contributed by atoms with E-state index in [9.17, 15) is 4.79 Å². The van der Waals surface area contributed by atoms with E-state index in [-0.39, 0.29) is 11.9 Å². The number of fused-ring (bicyclic) bond motifs is 1. The van der Waals surface area contributed by atoms with Gasteiger partial charge in [0.25, 0.3) is 5.91 Å². The Labute approximate surface area is 180 Å². The highest BCUT2D eigenvalue weighted by Crippen LogP contribution is 2.29. The minimum atomic E-state index is -0.0731. The number of rotatable bonds is 4. The number of amides is 1. The van der Waals surface area contributed by atoms with Crippen LogP contribution in [0.1, 0.15) is 29.0 Å². The summed E-state index contributed by atoms with van der Waals surface area (Å²) in [7, 11) is 0. The van der Waals surface area contributed by atoms with Crippen molar-refractivity contribution < 1.29 is 9.21 Å². The maximum Gasteiger partial charge on any atom is 0.255 e. The molecule has 1 N–H and O–H groups in total. The molecule has 1 aromatic carbocycles. The van der Waals surface area contributed by atoms with Crippen molar-refractivity contribution in [1.82, 2.24) is 20.3 Å². The van der Waals surface area contributed by atoms with Crippen LogP contribution >= 0.6 is 0 Å². The van der Waals surface area contributed by atoms with Gasteiger partial charge in [-0.2, -0.15) is 0 Å². The van der Waals surface area contributed by atoms with Gasteiger partial charge in [-0.1, -0.05) is 12.1 Å². The number of aryl methyl sites for hydroxylation is 1. The van der Waals surface area contributed by atoms with Crippen LogP contribution in [0.5, 0.6) is 0 Å². The zero-order chi connectivity index (χ0) is 21.2. The van der Waals surface area contributed by atoms with Gasteiger partial charge in [0.15, 0.2) is 5.82 Å². The Bertz CT molecular complexity index is 1210. The lowest BCUT2D eigenvalue weighted by molar-refractivity contribution is 0.0929. The number of carbonyl (C=O) groups is 1. The van der Waals surface area contributed by atoms with Gasteiger partial charge in [-0.05, 0) is 50.1 Å². The summed E-state index contributed by atoms with van der Waals surface area (Å²) in [5, 5.41) is 4.18. The molecule has 0 atom stereocenters. The zero-order valence-electron chi connectivity index (χ0n) is 17.3. The summed E-state index contributed by atoms with van der Waals surface area (Å²) < 4.78 is 5.25. The lowest BCUT2D eigenvalue weighted by Gasteiger charge is -2.33. The first-order valence-corrected chi connectivity index (χ1v) is 10.5. The van der Waals surface area contributed by atoms with Crippen molar-refractivity contribution in [3.63, 3.8) is 0 Å². The predicted molar refractivity (Wildman–Crippen MR) is 119 cm³/mol. The number of para-hydroxylation sites is 1. The van der Waals surface area contributed by atoms with Gasteiger partial charge in [0.1, 0.15) is 11.6 Å². The maximum atomic E-state index is 12.5. The molecule has 4 aromatic rings. The van der Waals surface area contributed by atoms with Crippen LogP contribution < -0.4 is 10.2 Å². The van der Waals surface area contributed by atoms with Gasteiger partial charge < -0.3 is 14.6 Å². The van der Waals surface area contributed by atoms with Gasteiger partial charge >= 0.3 is 0 Å². The number of carbonyl (C=O) groups excluding carboxylic acids is 1. The number of piperidine rings is 1. The largest absolute Gasteiger partial charge is 0.469 e. The minimum absolute atomic E-state index is 0.0731. The molecule has 31 heavy (non-hydrogen) atoms. The molecule has 1 saturated heterocycles. The smallest absolute Gasteiger partial charge is 0.255 e. The third-order valence-corrected chi connectivity index (χ3v) is 5.74. The van der Waals surface area contributed by atoms with E-state index in [1.807, 2.05) is 30.3 Å². The minimum Gasteiger partial charge on any atom is -0.469 e. The van der Waals surface area contributed by atoms with E-state index >= 15 is 0 Å². The van der Waals surface area contributed by atoms with Gasteiger partial charge in [0.2, 0.25) is 0 Å². The first kappa shape index (κ1) is 19.2. The van der Waals surface area contributed by atoms with E-state index < -0.39 is 0 Å². The van der Waals surface area contributed by atoms with Crippen LogP contribution in [0.15, 0.2) is 65.5 Å². The summed E-state index contributed by atoms with van der Waals surface area (Å²) in [6.45, 7) is 3.42. The summed E-state index contributed by atoms with van der Waals surface area (Å²) in [6, 6.07) is 13.8. The lowest BCUT2D eigenvalue weighted by Crippen LogP contribution is -2.45. The van der Waals surface area contributed by atoms with E-state index in [4.69, 9.17) is 14.4 Å². The zero-order valence-corrected chi connectivity index (χ0v) is 17.3. The molecule has 0 unspecified atom stereocenters. The first-order chi connectivity index (χ1) is 15.2. The van der Waals surface area contributed by atoms with E-state index in [1.165, 1.54) is 0 Å². The lowest BCUT2D eigenvalue weighted by atomic mass is 10.0. The van der Waals surface area contributed by atoms with Crippen LogP contribution in [0.2, 0.25) is 0 Å². The fourth-order valence-electron chi connectivity index (χ4n) is 4.04. The topological polar surface area (TPSA) is 84.2 Å². The number of nitrogens with one attached hydrogen (secondary N) is 1. The summed E-state index contributed by atoms with van der Waals surface area (Å²) in [5.74, 6) is 2.17. The van der Waals surface area contributed by atoms with Crippen molar-refractivity contribution in [1.29, 1.82) is 0 Å². The summed E-state index contributed by atoms with van der Waals surface area (Å²) >= 11 is 0. The molecule has 1 amide bonds. The normalized spacial score (nSPS) is 14.7. The van der Waals surface area contributed by atoms with Gasteiger partial charge in [0.05, 0.1) is 17.3 Å². The molecule has 0 spiro atoms. The Kier molecular flexibility index (Phi) is 5.08. The van der Waals surface area contributed by atoms with Gasteiger partial charge in [0, 0.05) is 42.5 Å². The van der Waals surface area contributed by atoms with Crippen molar-refractivity contribution in [3.05, 3.63) is 72.4 Å². The molecule has 7 nitrogen and oxygen atoms in total. The predicted octanol–water partition coefficient (Wildman–Crippen LogP) is 3.99. The SMILES string of the molecule is Cc1occc1C(=O)NC1CCN(c2nc(-c3cccnc3)nc3ccccc23)CC1. The van der Waals surface area contributed by atoms with Crippen molar-refractivity contribution >= 4 is 22.6 Å². The monoisotopic (exact) mass is 413 g/mol. The first-order valence-electron chi connectivity index (χ1n) is 10.5. The fourth-order valence-corrected chi connectivity index (χ4v) is 4.04. The van der Waals surface area contributed by atoms with Crippen LogP contribution in [0, 0.1) is 6.92 Å². The molecule has 5 rings (SSSR count). The number of benzene rings is 1. The average molecular weight is 413 g/mol. The Morgan fingerprint density at radius 3 is 2.68 bits per heavy atom. The maximum absolute atomic E-state index is 12.5. The second kappa shape index (κ2) is 8.18. The summed E-state index contributed by atoms with van der Waals surface area (Å²) in [6.07, 6.45) is 6.78. The van der Waals surface area contributed by atoms with Crippen molar-refractivity contribution in [2.45, 2.75) is 25.8 Å². The molecule has 1 fully saturated rings. The fraction of sp³-hybridized carbons (Fsp3) is 0.250. The molecule has 0 bridgehead atoms. The molecular formula is C24H23N5O2. The van der Waals surface area contributed by atoms with E-state index in [0.29, 0.717) is 17.1 Å². The van der Waals surface area contributed by atoms with Gasteiger partial charge in [-0.3, -0.25) is 9.78 Å². The van der Waals surface area contributed by atoms with Gasteiger partial charge in [-0.25, -0.2) is 9.97 Å².